The number of amides is 1. The Morgan fingerprint density at radius 3 is 2.47 bits per heavy atom. The number of pyridine rings is 1. The van der Waals surface area contributed by atoms with Gasteiger partial charge in [-0.3, -0.25) is 4.79 Å². The molecule has 0 saturated heterocycles. The summed E-state index contributed by atoms with van der Waals surface area (Å²) in [5, 5.41) is 4.88. The van der Waals surface area contributed by atoms with Gasteiger partial charge in [-0.25, -0.2) is 10.4 Å². The summed E-state index contributed by atoms with van der Waals surface area (Å²) in [5.41, 5.74) is 6.10. The monoisotopic (exact) mass is 455 g/mol. The van der Waals surface area contributed by atoms with Gasteiger partial charge in [0.2, 0.25) is 0 Å². The van der Waals surface area contributed by atoms with Crippen molar-refractivity contribution in [3.63, 3.8) is 0 Å². The van der Waals surface area contributed by atoms with Gasteiger partial charge < -0.3 is 14.2 Å². The molecule has 7 heteroatoms. The number of fused-ring (bicyclic) bond motifs is 1. The van der Waals surface area contributed by atoms with E-state index in [-0.39, 0.29) is 5.91 Å². The molecule has 0 radical (unpaired) electrons. The highest BCUT2D eigenvalue weighted by Crippen LogP contribution is 2.27. The molecule has 172 valence electrons. The molecule has 1 amide bonds. The zero-order valence-corrected chi connectivity index (χ0v) is 19.2. The second kappa shape index (κ2) is 10.5. The van der Waals surface area contributed by atoms with Crippen molar-refractivity contribution in [1.29, 1.82) is 0 Å². The third kappa shape index (κ3) is 4.99. The molecule has 4 aromatic rings. The average Bonchev–Trinajstić information content (AvgIpc) is 2.88. The zero-order chi connectivity index (χ0) is 23.9. The standard InChI is InChI=1S/C27H25N3O4/c1-4-34-20-12-9-18(10-13-20)25-16-23(22-7-5-6-8-24(22)29-25)27(31)30-28-17-19-11-14-21(32-2)15-26(19)33-3/h5-17H,4H2,1-3H3,(H,30,31). The van der Waals surface area contributed by atoms with Gasteiger partial charge in [0.25, 0.3) is 5.91 Å². The maximum atomic E-state index is 13.1. The van der Waals surface area contributed by atoms with Crippen LogP contribution in [0.5, 0.6) is 17.2 Å². The summed E-state index contributed by atoms with van der Waals surface area (Å²) < 4.78 is 16.1. The lowest BCUT2D eigenvalue weighted by molar-refractivity contribution is 0.0956. The molecule has 0 spiro atoms. The lowest BCUT2D eigenvalue weighted by Gasteiger charge is -2.10. The van der Waals surface area contributed by atoms with Gasteiger partial charge in [0.1, 0.15) is 17.2 Å². The average molecular weight is 456 g/mol. The van der Waals surface area contributed by atoms with Gasteiger partial charge in [-0.05, 0) is 55.5 Å². The fourth-order valence-electron chi connectivity index (χ4n) is 3.55. The molecule has 7 nitrogen and oxygen atoms in total. The molecule has 0 unspecified atom stereocenters. The van der Waals surface area contributed by atoms with Crippen LogP contribution in [0.3, 0.4) is 0 Å². The molecule has 0 fully saturated rings. The Bertz CT molecular complexity index is 1330. The molecule has 0 saturated carbocycles. The fraction of sp³-hybridized carbons (Fsp3) is 0.148. The van der Waals surface area contributed by atoms with E-state index in [9.17, 15) is 4.79 Å². The minimum atomic E-state index is -0.338. The van der Waals surface area contributed by atoms with E-state index in [1.807, 2.05) is 55.5 Å². The molecule has 0 aliphatic heterocycles. The van der Waals surface area contributed by atoms with Crippen LogP contribution in [0.25, 0.3) is 22.2 Å². The van der Waals surface area contributed by atoms with Crippen LogP contribution in [0.15, 0.2) is 77.9 Å². The van der Waals surface area contributed by atoms with E-state index in [4.69, 9.17) is 19.2 Å². The van der Waals surface area contributed by atoms with Gasteiger partial charge in [-0.15, -0.1) is 0 Å². The van der Waals surface area contributed by atoms with Crippen LogP contribution in [0, 0.1) is 0 Å². The molecule has 0 aliphatic rings. The minimum Gasteiger partial charge on any atom is -0.497 e. The number of aromatic nitrogens is 1. The number of para-hydroxylation sites is 1. The highest BCUT2D eigenvalue weighted by atomic mass is 16.5. The number of carbonyl (C=O) groups excluding carboxylic acids is 1. The summed E-state index contributed by atoms with van der Waals surface area (Å²) in [6, 6.07) is 22.3. The van der Waals surface area contributed by atoms with Crippen molar-refractivity contribution in [2.45, 2.75) is 6.92 Å². The second-order valence-corrected chi connectivity index (χ2v) is 7.34. The number of hydrazone groups is 1. The van der Waals surface area contributed by atoms with Gasteiger partial charge in [-0.2, -0.15) is 5.10 Å². The predicted octanol–water partition coefficient (Wildman–Crippen LogP) is 5.08. The van der Waals surface area contributed by atoms with Crippen LogP contribution in [-0.2, 0) is 0 Å². The minimum absolute atomic E-state index is 0.338. The molecule has 1 N–H and O–H groups in total. The Morgan fingerprint density at radius 2 is 1.74 bits per heavy atom. The highest BCUT2D eigenvalue weighted by Gasteiger charge is 2.14. The Morgan fingerprint density at radius 1 is 0.971 bits per heavy atom. The highest BCUT2D eigenvalue weighted by molar-refractivity contribution is 6.07. The number of benzene rings is 3. The van der Waals surface area contributed by atoms with E-state index < -0.39 is 0 Å². The van der Waals surface area contributed by atoms with Crippen LogP contribution in [0.1, 0.15) is 22.8 Å². The van der Waals surface area contributed by atoms with Crippen LogP contribution in [-0.4, -0.2) is 37.9 Å². The second-order valence-electron chi connectivity index (χ2n) is 7.34. The number of carbonyl (C=O) groups is 1. The summed E-state index contributed by atoms with van der Waals surface area (Å²) in [6.45, 7) is 2.54. The third-order valence-corrected chi connectivity index (χ3v) is 5.23. The number of hydrogen-bond acceptors (Lipinski definition) is 6. The molecule has 1 heterocycles. The van der Waals surface area contributed by atoms with Crippen LogP contribution in [0.4, 0.5) is 0 Å². The van der Waals surface area contributed by atoms with E-state index in [1.165, 1.54) is 6.21 Å². The number of hydrogen-bond donors (Lipinski definition) is 1. The molecule has 3 aromatic carbocycles. The molecule has 4 rings (SSSR count). The fourth-order valence-corrected chi connectivity index (χ4v) is 3.55. The SMILES string of the molecule is CCOc1ccc(-c2cc(C(=O)NN=Cc3ccc(OC)cc3OC)c3ccccc3n2)cc1. The normalized spacial score (nSPS) is 10.9. The Balaban J connectivity index is 1.63. The van der Waals surface area contributed by atoms with Gasteiger partial charge in [0, 0.05) is 22.6 Å². The molecule has 0 aliphatic carbocycles. The van der Waals surface area contributed by atoms with Gasteiger partial charge in [0.15, 0.2) is 0 Å². The van der Waals surface area contributed by atoms with E-state index in [0.29, 0.717) is 34.9 Å². The van der Waals surface area contributed by atoms with E-state index in [0.717, 1.165) is 22.2 Å². The van der Waals surface area contributed by atoms with Gasteiger partial charge >= 0.3 is 0 Å². The van der Waals surface area contributed by atoms with Crippen molar-refractivity contribution in [2.75, 3.05) is 20.8 Å². The quantitative estimate of drug-likeness (QED) is 0.296. The van der Waals surface area contributed by atoms with Crippen molar-refractivity contribution >= 4 is 23.0 Å². The van der Waals surface area contributed by atoms with E-state index >= 15 is 0 Å². The van der Waals surface area contributed by atoms with Gasteiger partial charge in [0.05, 0.1) is 43.8 Å². The molecule has 0 bridgehead atoms. The topological polar surface area (TPSA) is 82.0 Å². The third-order valence-electron chi connectivity index (χ3n) is 5.23. The summed E-state index contributed by atoms with van der Waals surface area (Å²) in [7, 11) is 3.15. The first-order chi connectivity index (χ1) is 16.6. The maximum absolute atomic E-state index is 13.1. The van der Waals surface area contributed by atoms with Crippen molar-refractivity contribution < 1.29 is 19.0 Å². The summed E-state index contributed by atoms with van der Waals surface area (Å²) in [6.07, 6.45) is 1.53. The van der Waals surface area contributed by atoms with Crippen molar-refractivity contribution in [3.05, 3.63) is 83.9 Å². The van der Waals surface area contributed by atoms with Crippen LogP contribution in [0.2, 0.25) is 0 Å². The molecular weight excluding hydrogens is 430 g/mol. The van der Waals surface area contributed by atoms with Crippen molar-refractivity contribution in [2.24, 2.45) is 5.10 Å². The first-order valence-corrected chi connectivity index (χ1v) is 10.8. The zero-order valence-electron chi connectivity index (χ0n) is 19.2. The summed E-state index contributed by atoms with van der Waals surface area (Å²) in [4.78, 5) is 17.8. The molecule has 0 atom stereocenters. The summed E-state index contributed by atoms with van der Waals surface area (Å²) >= 11 is 0. The Kier molecular flexibility index (Phi) is 7.03. The van der Waals surface area contributed by atoms with Crippen LogP contribution >= 0.6 is 0 Å². The molecular formula is C27H25N3O4. The Hall–Kier alpha value is -4.39. The van der Waals surface area contributed by atoms with Crippen molar-refractivity contribution in [3.8, 4) is 28.5 Å². The molecule has 34 heavy (non-hydrogen) atoms. The smallest absolute Gasteiger partial charge is 0.272 e. The summed E-state index contributed by atoms with van der Waals surface area (Å²) in [5.74, 6) is 1.70. The number of methoxy groups -OCH3 is 2. The molecule has 1 aromatic heterocycles. The predicted molar refractivity (Wildman–Crippen MR) is 133 cm³/mol. The van der Waals surface area contributed by atoms with E-state index in [1.54, 1.807) is 38.5 Å². The number of nitrogens with zero attached hydrogens (tertiary/aromatic N) is 2. The first-order valence-electron chi connectivity index (χ1n) is 10.8. The number of nitrogens with one attached hydrogen (secondary N) is 1. The lowest BCUT2D eigenvalue weighted by atomic mass is 10.0. The van der Waals surface area contributed by atoms with Crippen molar-refractivity contribution in [1.82, 2.24) is 10.4 Å². The number of ether oxygens (including phenoxy) is 3. The van der Waals surface area contributed by atoms with Crippen LogP contribution < -0.4 is 19.6 Å². The maximum Gasteiger partial charge on any atom is 0.272 e. The lowest BCUT2D eigenvalue weighted by Crippen LogP contribution is -2.18. The van der Waals surface area contributed by atoms with Gasteiger partial charge in [-0.1, -0.05) is 18.2 Å². The largest absolute Gasteiger partial charge is 0.497 e. The first kappa shape index (κ1) is 22.8. The Labute approximate surface area is 198 Å². The number of rotatable bonds is 8. The van der Waals surface area contributed by atoms with E-state index in [2.05, 4.69) is 10.5 Å².